The second-order valence-corrected chi connectivity index (χ2v) is 5.96. The van der Waals surface area contributed by atoms with Gasteiger partial charge in [0.05, 0.1) is 18.0 Å². The molecule has 0 unspecified atom stereocenters. The summed E-state index contributed by atoms with van der Waals surface area (Å²) in [6.07, 6.45) is 5.07. The number of hydrogen-bond acceptors (Lipinski definition) is 4. The fourth-order valence-electron chi connectivity index (χ4n) is 2.53. The number of nitrogens with zero attached hydrogens (tertiary/aromatic N) is 3. The Labute approximate surface area is 151 Å². The zero-order chi connectivity index (χ0) is 17.6. The van der Waals surface area contributed by atoms with Crippen molar-refractivity contribution in [3.63, 3.8) is 0 Å². The Morgan fingerprint density at radius 3 is 2.72 bits per heavy atom. The molecule has 2 heterocycles. The van der Waals surface area contributed by atoms with Crippen molar-refractivity contribution < 1.29 is 9.53 Å². The molecular weight excluding hydrogens is 338 g/mol. The standard InChI is InChI=1S/C19H18ClN3O2/c1-14-17(18(20)23(22-14)16-9-3-2-4-10-16)19(24)25-12-6-8-15-7-5-11-21-13-15/h2-5,7,9-11,13H,6,8,12H2,1H3. The molecule has 0 amide bonds. The lowest BCUT2D eigenvalue weighted by Gasteiger charge is -2.05. The first-order valence-corrected chi connectivity index (χ1v) is 8.41. The summed E-state index contributed by atoms with van der Waals surface area (Å²) in [5.41, 5.74) is 2.77. The van der Waals surface area contributed by atoms with Crippen LogP contribution in [0.15, 0.2) is 54.9 Å². The molecule has 0 saturated heterocycles. The quantitative estimate of drug-likeness (QED) is 0.495. The molecular formula is C19H18ClN3O2. The van der Waals surface area contributed by atoms with Crippen LogP contribution < -0.4 is 0 Å². The Morgan fingerprint density at radius 2 is 2.00 bits per heavy atom. The van der Waals surface area contributed by atoms with Gasteiger partial charge in [-0.2, -0.15) is 5.10 Å². The lowest BCUT2D eigenvalue weighted by Crippen LogP contribution is -2.08. The molecule has 0 aliphatic rings. The first-order valence-electron chi connectivity index (χ1n) is 8.03. The van der Waals surface area contributed by atoms with E-state index in [1.807, 2.05) is 48.7 Å². The number of halogens is 1. The van der Waals surface area contributed by atoms with Crippen molar-refractivity contribution in [1.29, 1.82) is 0 Å². The first-order chi connectivity index (χ1) is 12.2. The number of pyridine rings is 1. The second kappa shape index (κ2) is 7.94. The molecule has 6 heteroatoms. The monoisotopic (exact) mass is 355 g/mol. The summed E-state index contributed by atoms with van der Waals surface area (Å²) in [5, 5.41) is 4.62. The summed E-state index contributed by atoms with van der Waals surface area (Å²) in [7, 11) is 0. The third-order valence-electron chi connectivity index (χ3n) is 3.77. The van der Waals surface area contributed by atoms with E-state index < -0.39 is 5.97 Å². The van der Waals surface area contributed by atoms with Crippen molar-refractivity contribution >= 4 is 17.6 Å². The molecule has 128 valence electrons. The summed E-state index contributed by atoms with van der Waals surface area (Å²) in [4.78, 5) is 16.4. The molecule has 3 rings (SSSR count). The minimum Gasteiger partial charge on any atom is -0.462 e. The highest BCUT2D eigenvalue weighted by Gasteiger charge is 2.22. The summed E-state index contributed by atoms with van der Waals surface area (Å²) in [5.74, 6) is -0.448. The second-order valence-electron chi connectivity index (χ2n) is 5.60. The van der Waals surface area contributed by atoms with Gasteiger partial charge in [-0.15, -0.1) is 0 Å². The Morgan fingerprint density at radius 1 is 1.20 bits per heavy atom. The number of esters is 1. The van der Waals surface area contributed by atoms with Crippen LogP contribution in [-0.2, 0) is 11.2 Å². The average Bonchev–Trinajstić information content (AvgIpc) is 2.94. The minimum absolute atomic E-state index is 0.265. The molecule has 0 aliphatic heterocycles. The van der Waals surface area contributed by atoms with Crippen LogP contribution in [0.1, 0.15) is 28.0 Å². The number of para-hydroxylation sites is 1. The van der Waals surface area contributed by atoms with Crippen LogP contribution in [0.2, 0.25) is 5.15 Å². The van der Waals surface area contributed by atoms with Crippen molar-refractivity contribution in [1.82, 2.24) is 14.8 Å². The SMILES string of the molecule is Cc1nn(-c2ccccc2)c(Cl)c1C(=O)OCCCc1cccnc1. The summed E-state index contributed by atoms with van der Waals surface area (Å²) >= 11 is 6.36. The Balaban J connectivity index is 1.63. The number of aryl methyl sites for hydroxylation is 2. The Hall–Kier alpha value is -2.66. The average molecular weight is 356 g/mol. The number of benzene rings is 1. The van der Waals surface area contributed by atoms with Gasteiger partial charge in [-0.3, -0.25) is 4.98 Å². The Bertz CT molecular complexity index is 848. The van der Waals surface area contributed by atoms with Crippen LogP contribution in [0.5, 0.6) is 0 Å². The van der Waals surface area contributed by atoms with Gasteiger partial charge in [0.15, 0.2) is 0 Å². The van der Waals surface area contributed by atoms with E-state index in [4.69, 9.17) is 16.3 Å². The number of carbonyl (C=O) groups excluding carboxylic acids is 1. The Kier molecular flexibility index (Phi) is 5.46. The molecule has 0 radical (unpaired) electrons. The van der Waals surface area contributed by atoms with E-state index in [0.717, 1.165) is 24.1 Å². The van der Waals surface area contributed by atoms with Gasteiger partial charge in [-0.1, -0.05) is 35.9 Å². The largest absolute Gasteiger partial charge is 0.462 e. The summed E-state index contributed by atoms with van der Waals surface area (Å²) in [6, 6.07) is 13.3. The molecule has 3 aromatic rings. The maximum atomic E-state index is 12.4. The van der Waals surface area contributed by atoms with E-state index in [1.54, 1.807) is 17.8 Å². The van der Waals surface area contributed by atoms with Crippen molar-refractivity contribution in [2.24, 2.45) is 0 Å². The highest BCUT2D eigenvalue weighted by Crippen LogP contribution is 2.24. The molecule has 2 aromatic heterocycles. The summed E-state index contributed by atoms with van der Waals surface area (Å²) in [6.45, 7) is 2.07. The molecule has 0 bridgehead atoms. The normalized spacial score (nSPS) is 10.6. The van der Waals surface area contributed by atoms with Crippen LogP contribution in [0.3, 0.4) is 0 Å². The van der Waals surface area contributed by atoms with E-state index in [2.05, 4.69) is 10.1 Å². The lowest BCUT2D eigenvalue weighted by molar-refractivity contribution is 0.0500. The van der Waals surface area contributed by atoms with E-state index in [1.165, 1.54) is 0 Å². The molecule has 0 aliphatic carbocycles. The zero-order valence-electron chi connectivity index (χ0n) is 13.9. The minimum atomic E-state index is -0.448. The predicted molar refractivity (Wildman–Crippen MR) is 96.2 cm³/mol. The van der Waals surface area contributed by atoms with Gasteiger partial charge < -0.3 is 4.74 Å². The highest BCUT2D eigenvalue weighted by molar-refractivity contribution is 6.33. The number of hydrogen-bond donors (Lipinski definition) is 0. The lowest BCUT2D eigenvalue weighted by atomic mass is 10.2. The molecule has 25 heavy (non-hydrogen) atoms. The van der Waals surface area contributed by atoms with Gasteiger partial charge in [0, 0.05) is 12.4 Å². The van der Waals surface area contributed by atoms with Gasteiger partial charge >= 0.3 is 5.97 Å². The highest BCUT2D eigenvalue weighted by atomic mass is 35.5. The number of carbonyl (C=O) groups is 1. The van der Waals surface area contributed by atoms with Crippen molar-refractivity contribution in [2.45, 2.75) is 19.8 Å². The molecule has 0 atom stereocenters. The van der Waals surface area contributed by atoms with Crippen LogP contribution in [0.4, 0.5) is 0 Å². The van der Waals surface area contributed by atoms with E-state index >= 15 is 0 Å². The van der Waals surface area contributed by atoms with Gasteiger partial charge in [-0.25, -0.2) is 9.48 Å². The van der Waals surface area contributed by atoms with Gasteiger partial charge in [0.2, 0.25) is 0 Å². The molecule has 5 nitrogen and oxygen atoms in total. The molecule has 0 spiro atoms. The number of rotatable bonds is 6. The van der Waals surface area contributed by atoms with Crippen LogP contribution >= 0.6 is 11.6 Å². The number of ether oxygens (including phenoxy) is 1. The van der Waals surface area contributed by atoms with Crippen LogP contribution in [-0.4, -0.2) is 27.3 Å². The van der Waals surface area contributed by atoms with Crippen molar-refractivity contribution in [3.05, 3.63) is 76.8 Å². The molecule has 0 fully saturated rings. The van der Waals surface area contributed by atoms with Crippen LogP contribution in [0, 0.1) is 6.92 Å². The van der Waals surface area contributed by atoms with E-state index in [0.29, 0.717) is 17.9 Å². The fourth-order valence-corrected chi connectivity index (χ4v) is 2.88. The molecule has 0 N–H and O–H groups in total. The van der Waals surface area contributed by atoms with Gasteiger partial charge in [0.1, 0.15) is 10.7 Å². The third-order valence-corrected chi connectivity index (χ3v) is 4.12. The first kappa shape index (κ1) is 17.2. The summed E-state index contributed by atoms with van der Waals surface area (Å²) < 4.78 is 6.91. The van der Waals surface area contributed by atoms with Crippen LogP contribution in [0.25, 0.3) is 5.69 Å². The molecule has 1 aromatic carbocycles. The fraction of sp³-hybridized carbons (Fsp3) is 0.211. The van der Waals surface area contributed by atoms with E-state index in [-0.39, 0.29) is 5.15 Å². The predicted octanol–water partition coefficient (Wildman–Crippen LogP) is 4.02. The van der Waals surface area contributed by atoms with Gasteiger partial charge in [-0.05, 0) is 43.5 Å². The van der Waals surface area contributed by atoms with Crippen molar-refractivity contribution in [3.8, 4) is 5.69 Å². The zero-order valence-corrected chi connectivity index (χ0v) is 14.6. The maximum absolute atomic E-state index is 12.4. The third kappa shape index (κ3) is 4.06. The topological polar surface area (TPSA) is 57.0 Å². The van der Waals surface area contributed by atoms with Crippen molar-refractivity contribution in [2.75, 3.05) is 6.61 Å². The smallest absolute Gasteiger partial charge is 0.343 e. The maximum Gasteiger partial charge on any atom is 0.343 e. The van der Waals surface area contributed by atoms with Gasteiger partial charge in [0.25, 0.3) is 0 Å². The molecule has 0 saturated carbocycles. The number of aromatic nitrogens is 3. The van der Waals surface area contributed by atoms with E-state index in [9.17, 15) is 4.79 Å².